The number of nitrogens with one attached hydrogen (secondary N) is 1. The van der Waals surface area contributed by atoms with Crippen molar-refractivity contribution >= 4 is 21.7 Å². The van der Waals surface area contributed by atoms with Gasteiger partial charge in [0, 0.05) is 10.9 Å². The van der Waals surface area contributed by atoms with E-state index in [2.05, 4.69) is 4.98 Å². The number of H-pyrrole nitrogens is 1. The number of nitriles is 1. The lowest BCUT2D eigenvalue weighted by molar-refractivity contribution is 0.415. The first-order valence-corrected chi connectivity index (χ1v) is 9.87. The van der Waals surface area contributed by atoms with Gasteiger partial charge >= 0.3 is 5.63 Å². The summed E-state index contributed by atoms with van der Waals surface area (Å²) in [5, 5.41) is 12.3. The van der Waals surface area contributed by atoms with Crippen molar-refractivity contribution in [2.24, 2.45) is 0 Å². The number of fused-ring (bicyclic) bond motifs is 3. The third kappa shape index (κ3) is 3.13. The van der Waals surface area contributed by atoms with Crippen LogP contribution in [-0.2, 0) is 0 Å². The van der Waals surface area contributed by atoms with Crippen molar-refractivity contribution in [1.29, 1.82) is 5.26 Å². The summed E-state index contributed by atoms with van der Waals surface area (Å²) in [5.41, 5.74) is 0.852. The SMILES string of the molecule is COc1ccc(-c2cc(-c3cc4c(ccc5ccccc54)oc3=O)[nH]c(=O)c2C#N)cc1. The molecule has 154 valence electrons. The smallest absolute Gasteiger partial charge is 0.345 e. The van der Waals surface area contributed by atoms with Gasteiger partial charge in [-0.05, 0) is 46.7 Å². The van der Waals surface area contributed by atoms with Crippen molar-refractivity contribution in [2.45, 2.75) is 0 Å². The van der Waals surface area contributed by atoms with E-state index in [9.17, 15) is 14.9 Å². The number of ether oxygens (including phenoxy) is 1. The van der Waals surface area contributed by atoms with Gasteiger partial charge in [-0.15, -0.1) is 0 Å². The molecule has 0 aliphatic rings. The molecule has 0 bridgehead atoms. The molecule has 2 aromatic heterocycles. The molecule has 0 aliphatic carbocycles. The molecule has 0 unspecified atom stereocenters. The molecule has 6 nitrogen and oxygen atoms in total. The lowest BCUT2D eigenvalue weighted by Crippen LogP contribution is -2.15. The number of pyridine rings is 1. The molecule has 6 heteroatoms. The summed E-state index contributed by atoms with van der Waals surface area (Å²) in [5.74, 6) is 0.652. The second-order valence-electron chi connectivity index (χ2n) is 7.29. The zero-order valence-corrected chi connectivity index (χ0v) is 17.0. The molecule has 0 saturated heterocycles. The monoisotopic (exact) mass is 420 g/mol. The number of hydrogen-bond acceptors (Lipinski definition) is 5. The van der Waals surface area contributed by atoms with Crippen molar-refractivity contribution in [2.75, 3.05) is 7.11 Å². The van der Waals surface area contributed by atoms with E-state index in [0.717, 1.165) is 16.2 Å². The molecule has 0 atom stereocenters. The number of benzene rings is 3. The van der Waals surface area contributed by atoms with Gasteiger partial charge in [-0.1, -0.05) is 42.5 Å². The van der Waals surface area contributed by atoms with Gasteiger partial charge in [-0.3, -0.25) is 4.79 Å². The van der Waals surface area contributed by atoms with Gasteiger partial charge in [0.25, 0.3) is 5.56 Å². The van der Waals surface area contributed by atoms with E-state index in [-0.39, 0.29) is 16.8 Å². The fraction of sp³-hybridized carbons (Fsp3) is 0.0385. The van der Waals surface area contributed by atoms with Crippen LogP contribution in [0.2, 0.25) is 0 Å². The summed E-state index contributed by atoms with van der Waals surface area (Å²) in [6.07, 6.45) is 0. The zero-order valence-electron chi connectivity index (χ0n) is 17.0. The Morgan fingerprint density at radius 3 is 2.44 bits per heavy atom. The minimum atomic E-state index is -0.576. The van der Waals surface area contributed by atoms with Crippen LogP contribution >= 0.6 is 0 Å². The molecule has 0 aliphatic heterocycles. The fourth-order valence-corrected chi connectivity index (χ4v) is 3.87. The third-order valence-electron chi connectivity index (χ3n) is 5.48. The Kier molecular flexibility index (Phi) is 4.57. The second-order valence-corrected chi connectivity index (χ2v) is 7.29. The number of aromatic amines is 1. The van der Waals surface area contributed by atoms with Crippen molar-refractivity contribution in [3.8, 4) is 34.2 Å². The highest BCUT2D eigenvalue weighted by Crippen LogP contribution is 2.30. The lowest BCUT2D eigenvalue weighted by atomic mass is 9.98. The van der Waals surface area contributed by atoms with Crippen LogP contribution < -0.4 is 15.9 Å². The van der Waals surface area contributed by atoms with Gasteiger partial charge < -0.3 is 14.1 Å². The van der Waals surface area contributed by atoms with E-state index in [0.29, 0.717) is 22.5 Å². The van der Waals surface area contributed by atoms with E-state index >= 15 is 0 Å². The average molecular weight is 420 g/mol. The summed E-state index contributed by atoms with van der Waals surface area (Å²) in [7, 11) is 1.56. The summed E-state index contributed by atoms with van der Waals surface area (Å²) in [6, 6.07) is 23.7. The Hall–Kier alpha value is -4.63. The highest BCUT2D eigenvalue weighted by molar-refractivity contribution is 6.06. The van der Waals surface area contributed by atoms with Gasteiger partial charge in [-0.25, -0.2) is 4.79 Å². The Labute approximate surface area is 181 Å². The summed E-state index contributed by atoms with van der Waals surface area (Å²) >= 11 is 0. The number of hydrogen-bond donors (Lipinski definition) is 1. The first-order chi connectivity index (χ1) is 15.6. The van der Waals surface area contributed by atoms with E-state index in [4.69, 9.17) is 9.15 Å². The molecule has 3 aromatic carbocycles. The highest BCUT2D eigenvalue weighted by atomic mass is 16.5. The first-order valence-electron chi connectivity index (χ1n) is 9.87. The Balaban J connectivity index is 1.77. The van der Waals surface area contributed by atoms with E-state index < -0.39 is 11.2 Å². The standard InChI is InChI=1S/C26H16N2O4/c1-31-17-9-6-16(7-10-17)19-13-23(28-25(29)22(19)14-27)21-12-20-18-5-3-2-4-15(18)8-11-24(20)32-26(21)30/h2-13H,1H3,(H,28,29). The lowest BCUT2D eigenvalue weighted by Gasteiger charge is -2.09. The van der Waals surface area contributed by atoms with E-state index in [1.165, 1.54) is 0 Å². The minimum absolute atomic E-state index is 0.0328. The molecule has 2 heterocycles. The fourth-order valence-electron chi connectivity index (χ4n) is 3.87. The minimum Gasteiger partial charge on any atom is -0.497 e. The molecule has 32 heavy (non-hydrogen) atoms. The Morgan fingerprint density at radius 1 is 0.906 bits per heavy atom. The van der Waals surface area contributed by atoms with Gasteiger partial charge in [-0.2, -0.15) is 5.26 Å². The predicted octanol–water partition coefficient (Wildman–Crippen LogP) is 4.85. The van der Waals surface area contributed by atoms with Crippen molar-refractivity contribution in [1.82, 2.24) is 4.98 Å². The van der Waals surface area contributed by atoms with Crippen LogP contribution in [0.5, 0.6) is 5.75 Å². The normalized spacial score (nSPS) is 10.9. The van der Waals surface area contributed by atoms with Crippen molar-refractivity contribution in [3.63, 3.8) is 0 Å². The number of methoxy groups -OCH3 is 1. The van der Waals surface area contributed by atoms with Crippen LogP contribution in [-0.4, -0.2) is 12.1 Å². The highest BCUT2D eigenvalue weighted by Gasteiger charge is 2.16. The van der Waals surface area contributed by atoms with Crippen molar-refractivity contribution in [3.05, 3.63) is 99.1 Å². The second kappa shape index (κ2) is 7.56. The quantitative estimate of drug-likeness (QED) is 0.333. The topological polar surface area (TPSA) is 96.1 Å². The van der Waals surface area contributed by atoms with Gasteiger partial charge in [0.15, 0.2) is 0 Å². The van der Waals surface area contributed by atoms with E-state index in [1.54, 1.807) is 49.6 Å². The largest absolute Gasteiger partial charge is 0.497 e. The van der Waals surface area contributed by atoms with Crippen LogP contribution in [0.15, 0.2) is 86.8 Å². The molecule has 5 rings (SSSR count). The molecule has 0 spiro atoms. The Morgan fingerprint density at radius 2 is 1.69 bits per heavy atom. The first kappa shape index (κ1) is 19.3. The molecule has 0 amide bonds. The van der Waals surface area contributed by atoms with Crippen molar-refractivity contribution < 1.29 is 9.15 Å². The van der Waals surface area contributed by atoms with Gasteiger partial charge in [0.05, 0.1) is 18.4 Å². The van der Waals surface area contributed by atoms with Gasteiger partial charge in [0.2, 0.25) is 0 Å². The zero-order chi connectivity index (χ0) is 22.2. The summed E-state index contributed by atoms with van der Waals surface area (Å²) in [6.45, 7) is 0. The molecule has 0 fully saturated rings. The number of aromatic nitrogens is 1. The number of nitrogens with zero attached hydrogens (tertiary/aromatic N) is 1. The van der Waals surface area contributed by atoms with E-state index in [1.807, 2.05) is 36.4 Å². The average Bonchev–Trinajstić information content (AvgIpc) is 2.83. The van der Waals surface area contributed by atoms with Crippen LogP contribution in [0, 0.1) is 11.3 Å². The third-order valence-corrected chi connectivity index (χ3v) is 5.48. The maximum Gasteiger partial charge on any atom is 0.345 e. The number of rotatable bonds is 3. The Bertz CT molecular complexity index is 1660. The van der Waals surface area contributed by atoms with Crippen LogP contribution in [0.1, 0.15) is 5.56 Å². The van der Waals surface area contributed by atoms with Crippen LogP contribution in [0.25, 0.3) is 44.1 Å². The maximum atomic E-state index is 12.8. The molecule has 0 saturated carbocycles. The van der Waals surface area contributed by atoms with Crippen LogP contribution in [0.3, 0.4) is 0 Å². The molecule has 5 aromatic rings. The summed E-state index contributed by atoms with van der Waals surface area (Å²) < 4.78 is 10.8. The molecule has 0 radical (unpaired) electrons. The maximum absolute atomic E-state index is 12.8. The molecular formula is C26H16N2O4. The van der Waals surface area contributed by atoms with Gasteiger partial charge in [0.1, 0.15) is 23.0 Å². The summed E-state index contributed by atoms with van der Waals surface area (Å²) in [4.78, 5) is 28.2. The molecular weight excluding hydrogens is 404 g/mol. The van der Waals surface area contributed by atoms with Crippen LogP contribution in [0.4, 0.5) is 0 Å². The predicted molar refractivity (Wildman–Crippen MR) is 123 cm³/mol. The molecule has 1 N–H and O–H groups in total.